The smallest absolute Gasteiger partial charge is 0.0303 e. The average molecular weight is 252 g/mol. The second-order valence-corrected chi connectivity index (χ2v) is 6.72. The summed E-state index contributed by atoms with van der Waals surface area (Å²) in [5.41, 5.74) is 1.47. The summed E-state index contributed by atoms with van der Waals surface area (Å²) in [6, 6.07) is 3.67. The maximum Gasteiger partial charge on any atom is 0.0303 e. The van der Waals surface area contributed by atoms with E-state index in [4.69, 9.17) is 0 Å². The molecule has 0 aromatic carbocycles. The van der Waals surface area contributed by atoms with Gasteiger partial charge in [-0.05, 0) is 52.3 Å². The van der Waals surface area contributed by atoms with Gasteiger partial charge >= 0.3 is 0 Å². The second-order valence-electron chi connectivity index (χ2n) is 5.26. The number of thiophene rings is 1. The van der Waals surface area contributed by atoms with E-state index in [2.05, 4.69) is 44.1 Å². The predicted octanol–water partition coefficient (Wildman–Crippen LogP) is 3.11. The molecular formula is C14H24N2S. The van der Waals surface area contributed by atoms with Gasteiger partial charge in [0.15, 0.2) is 0 Å². The molecular weight excluding hydrogens is 228 g/mol. The Bertz CT molecular complexity index is 368. The summed E-state index contributed by atoms with van der Waals surface area (Å²) in [5.74, 6) is 0. The van der Waals surface area contributed by atoms with Crippen LogP contribution in [0.4, 0.5) is 0 Å². The molecule has 2 nitrogen and oxygen atoms in total. The van der Waals surface area contributed by atoms with E-state index in [9.17, 15) is 0 Å². The van der Waals surface area contributed by atoms with Gasteiger partial charge in [-0.3, -0.25) is 0 Å². The lowest BCUT2D eigenvalue weighted by Crippen LogP contribution is -2.32. The van der Waals surface area contributed by atoms with Crippen LogP contribution < -0.4 is 5.32 Å². The van der Waals surface area contributed by atoms with Gasteiger partial charge in [-0.25, -0.2) is 0 Å². The fraction of sp³-hybridized carbons (Fsp3) is 0.714. The number of likely N-dealkylation sites (N-methyl/N-ethyl adjacent to an activating group) is 1. The zero-order valence-electron chi connectivity index (χ0n) is 11.4. The van der Waals surface area contributed by atoms with Gasteiger partial charge in [0, 0.05) is 34.9 Å². The first kappa shape index (κ1) is 13.1. The third-order valence-electron chi connectivity index (χ3n) is 3.63. The molecule has 1 N–H and O–H groups in total. The van der Waals surface area contributed by atoms with Crippen molar-refractivity contribution in [3.05, 3.63) is 21.4 Å². The maximum atomic E-state index is 3.63. The highest BCUT2D eigenvalue weighted by Gasteiger charge is 2.25. The van der Waals surface area contributed by atoms with Crippen LogP contribution in [-0.2, 0) is 0 Å². The van der Waals surface area contributed by atoms with E-state index < -0.39 is 0 Å². The van der Waals surface area contributed by atoms with E-state index >= 15 is 0 Å². The molecule has 1 aliphatic carbocycles. The Morgan fingerprint density at radius 2 is 2.18 bits per heavy atom. The summed E-state index contributed by atoms with van der Waals surface area (Å²) < 4.78 is 0. The van der Waals surface area contributed by atoms with E-state index in [1.54, 1.807) is 0 Å². The summed E-state index contributed by atoms with van der Waals surface area (Å²) in [6.07, 6.45) is 2.80. The van der Waals surface area contributed by atoms with Crippen molar-refractivity contribution >= 4 is 11.3 Å². The van der Waals surface area contributed by atoms with Gasteiger partial charge in [0.2, 0.25) is 0 Å². The lowest BCUT2D eigenvalue weighted by molar-refractivity contribution is 0.316. The minimum Gasteiger partial charge on any atom is -0.309 e. The second kappa shape index (κ2) is 5.51. The minimum absolute atomic E-state index is 0.479. The molecule has 2 rings (SSSR count). The van der Waals surface area contributed by atoms with Crippen LogP contribution in [0.3, 0.4) is 0 Å². The predicted molar refractivity (Wildman–Crippen MR) is 75.9 cm³/mol. The van der Waals surface area contributed by atoms with Crippen molar-refractivity contribution in [2.75, 3.05) is 20.1 Å². The standard InChI is InChI=1S/C14H24N2S/c1-10-9-14(12(3)17-10)11(2)15-7-8-16(4)13-5-6-13/h9,11,13,15H,5-8H2,1-4H3. The largest absolute Gasteiger partial charge is 0.309 e. The van der Waals surface area contributed by atoms with E-state index in [-0.39, 0.29) is 0 Å². The molecule has 3 heteroatoms. The van der Waals surface area contributed by atoms with Crippen molar-refractivity contribution in [3.63, 3.8) is 0 Å². The minimum atomic E-state index is 0.479. The summed E-state index contributed by atoms with van der Waals surface area (Å²) in [6.45, 7) is 8.93. The monoisotopic (exact) mass is 252 g/mol. The fourth-order valence-corrected chi connectivity index (χ4v) is 3.37. The topological polar surface area (TPSA) is 15.3 Å². The zero-order valence-corrected chi connectivity index (χ0v) is 12.2. The Morgan fingerprint density at radius 1 is 1.47 bits per heavy atom. The van der Waals surface area contributed by atoms with Crippen molar-refractivity contribution in [1.29, 1.82) is 0 Å². The summed E-state index contributed by atoms with van der Waals surface area (Å²) >= 11 is 1.90. The SMILES string of the molecule is Cc1cc(C(C)NCCN(C)C2CC2)c(C)s1. The summed E-state index contributed by atoms with van der Waals surface area (Å²) in [7, 11) is 2.24. The Morgan fingerprint density at radius 3 is 2.71 bits per heavy atom. The van der Waals surface area contributed by atoms with Gasteiger partial charge in [0.05, 0.1) is 0 Å². The highest BCUT2D eigenvalue weighted by atomic mass is 32.1. The van der Waals surface area contributed by atoms with Crippen molar-refractivity contribution in [2.24, 2.45) is 0 Å². The van der Waals surface area contributed by atoms with E-state index in [0.717, 1.165) is 19.1 Å². The van der Waals surface area contributed by atoms with Crippen molar-refractivity contribution in [2.45, 2.75) is 45.7 Å². The molecule has 17 heavy (non-hydrogen) atoms. The molecule has 1 aromatic rings. The van der Waals surface area contributed by atoms with Gasteiger partial charge in [0.1, 0.15) is 0 Å². The summed E-state index contributed by atoms with van der Waals surface area (Å²) in [5, 5.41) is 3.63. The van der Waals surface area contributed by atoms with Crippen LogP contribution in [0.2, 0.25) is 0 Å². The average Bonchev–Trinajstić information content (AvgIpc) is 3.04. The molecule has 1 aliphatic rings. The third kappa shape index (κ3) is 3.54. The molecule has 1 atom stereocenters. The zero-order chi connectivity index (χ0) is 12.4. The molecule has 1 heterocycles. The third-order valence-corrected chi connectivity index (χ3v) is 4.61. The van der Waals surface area contributed by atoms with Crippen LogP contribution in [0.15, 0.2) is 6.07 Å². The van der Waals surface area contributed by atoms with Gasteiger partial charge in [0.25, 0.3) is 0 Å². The quantitative estimate of drug-likeness (QED) is 0.837. The Labute approximate surface area is 109 Å². The molecule has 96 valence electrons. The van der Waals surface area contributed by atoms with Crippen LogP contribution in [0.1, 0.15) is 41.1 Å². The Hall–Kier alpha value is -0.380. The van der Waals surface area contributed by atoms with E-state index in [1.807, 2.05) is 11.3 Å². The normalized spacial score (nSPS) is 17.7. The number of rotatable bonds is 6. The first-order valence-electron chi connectivity index (χ1n) is 6.58. The van der Waals surface area contributed by atoms with Crippen LogP contribution in [0, 0.1) is 13.8 Å². The highest BCUT2D eigenvalue weighted by molar-refractivity contribution is 7.12. The molecule has 1 aromatic heterocycles. The number of nitrogens with one attached hydrogen (secondary N) is 1. The Balaban J connectivity index is 1.76. The van der Waals surface area contributed by atoms with Crippen molar-refractivity contribution < 1.29 is 0 Å². The van der Waals surface area contributed by atoms with E-state index in [1.165, 1.54) is 28.2 Å². The molecule has 1 saturated carbocycles. The van der Waals surface area contributed by atoms with Crippen molar-refractivity contribution in [3.8, 4) is 0 Å². The number of hydrogen-bond acceptors (Lipinski definition) is 3. The maximum absolute atomic E-state index is 3.63. The van der Waals surface area contributed by atoms with Crippen LogP contribution in [-0.4, -0.2) is 31.1 Å². The molecule has 0 saturated heterocycles. The molecule has 1 unspecified atom stereocenters. The van der Waals surface area contributed by atoms with Gasteiger partial charge in [-0.2, -0.15) is 0 Å². The molecule has 0 spiro atoms. The molecule has 1 fully saturated rings. The molecule has 0 bridgehead atoms. The summed E-state index contributed by atoms with van der Waals surface area (Å²) in [4.78, 5) is 5.35. The number of aryl methyl sites for hydroxylation is 2. The van der Waals surface area contributed by atoms with Crippen LogP contribution in [0.5, 0.6) is 0 Å². The van der Waals surface area contributed by atoms with Crippen molar-refractivity contribution in [1.82, 2.24) is 10.2 Å². The Kier molecular flexibility index (Phi) is 4.23. The molecule has 0 aliphatic heterocycles. The first-order valence-corrected chi connectivity index (χ1v) is 7.40. The van der Waals surface area contributed by atoms with Crippen LogP contribution >= 0.6 is 11.3 Å². The van der Waals surface area contributed by atoms with Gasteiger partial charge in [-0.1, -0.05) is 0 Å². The van der Waals surface area contributed by atoms with Gasteiger partial charge in [-0.15, -0.1) is 11.3 Å². The first-order chi connectivity index (χ1) is 8.08. The highest BCUT2D eigenvalue weighted by Crippen LogP contribution is 2.26. The van der Waals surface area contributed by atoms with Gasteiger partial charge < -0.3 is 10.2 Å². The van der Waals surface area contributed by atoms with Crippen LogP contribution in [0.25, 0.3) is 0 Å². The number of hydrogen-bond donors (Lipinski definition) is 1. The lowest BCUT2D eigenvalue weighted by Gasteiger charge is -2.19. The molecule has 0 radical (unpaired) electrons. The van der Waals surface area contributed by atoms with E-state index in [0.29, 0.717) is 6.04 Å². The molecule has 0 amide bonds. The lowest BCUT2D eigenvalue weighted by atomic mass is 10.1. The number of nitrogens with zero attached hydrogens (tertiary/aromatic N) is 1. The fourth-order valence-electron chi connectivity index (χ4n) is 2.35.